The molecular formula is C15H19FN2OS. The minimum Gasteiger partial charge on any atom is -0.389 e. The molecule has 0 heterocycles. The molecule has 0 aromatic heterocycles. The van der Waals surface area contributed by atoms with Crippen molar-refractivity contribution < 1.29 is 9.18 Å². The number of carbonyl (C=O) groups is 1. The Bertz CT molecular complexity index is 525. The smallest absolute Gasteiger partial charge is 0.227 e. The van der Waals surface area contributed by atoms with Gasteiger partial charge in [0.2, 0.25) is 5.91 Å². The number of nitrogens with two attached hydrogens (primary N) is 1. The number of hydrogen-bond acceptors (Lipinski definition) is 2. The van der Waals surface area contributed by atoms with Crippen molar-refractivity contribution in [3.8, 4) is 0 Å². The Hall–Kier alpha value is -1.49. The number of amides is 1. The van der Waals surface area contributed by atoms with Crippen molar-refractivity contribution >= 4 is 28.8 Å². The highest BCUT2D eigenvalue weighted by Crippen LogP contribution is 2.29. The zero-order chi connectivity index (χ0) is 14.7. The number of rotatable bonds is 3. The number of nitrogens with one attached hydrogen (secondary N) is 1. The molecule has 3 nitrogen and oxygen atoms in total. The third-order valence-corrected chi connectivity index (χ3v) is 4.11. The maximum Gasteiger partial charge on any atom is 0.227 e. The summed E-state index contributed by atoms with van der Waals surface area (Å²) in [5.74, 6) is 0.269. The monoisotopic (exact) mass is 294 g/mol. The average molecular weight is 294 g/mol. The van der Waals surface area contributed by atoms with E-state index in [2.05, 4.69) is 12.2 Å². The van der Waals surface area contributed by atoms with E-state index in [0.29, 0.717) is 17.2 Å². The second-order valence-corrected chi connectivity index (χ2v) is 5.94. The molecule has 0 bridgehead atoms. The van der Waals surface area contributed by atoms with Gasteiger partial charge in [0, 0.05) is 11.5 Å². The molecule has 1 aromatic rings. The van der Waals surface area contributed by atoms with E-state index in [0.717, 1.165) is 25.7 Å². The van der Waals surface area contributed by atoms with Crippen LogP contribution in [0.5, 0.6) is 0 Å². The first-order valence-electron chi connectivity index (χ1n) is 6.87. The number of hydrogen-bond donors (Lipinski definition) is 2. The molecule has 1 aromatic carbocycles. The summed E-state index contributed by atoms with van der Waals surface area (Å²) >= 11 is 4.89. The lowest BCUT2D eigenvalue weighted by molar-refractivity contribution is -0.121. The van der Waals surface area contributed by atoms with Crippen LogP contribution in [0.15, 0.2) is 18.2 Å². The molecular weight excluding hydrogens is 275 g/mol. The first-order chi connectivity index (χ1) is 9.47. The van der Waals surface area contributed by atoms with E-state index in [1.807, 2.05) is 0 Å². The van der Waals surface area contributed by atoms with E-state index >= 15 is 0 Å². The quantitative estimate of drug-likeness (QED) is 0.842. The molecule has 20 heavy (non-hydrogen) atoms. The van der Waals surface area contributed by atoms with Crippen LogP contribution in [0.2, 0.25) is 0 Å². The van der Waals surface area contributed by atoms with Crippen LogP contribution in [0.25, 0.3) is 0 Å². The van der Waals surface area contributed by atoms with Crippen molar-refractivity contribution in [3.05, 3.63) is 29.6 Å². The minimum absolute atomic E-state index is 0.0236. The van der Waals surface area contributed by atoms with Crippen molar-refractivity contribution in [3.63, 3.8) is 0 Å². The summed E-state index contributed by atoms with van der Waals surface area (Å²) in [7, 11) is 0. The Morgan fingerprint density at radius 3 is 2.60 bits per heavy atom. The topological polar surface area (TPSA) is 55.1 Å². The molecule has 1 aliphatic carbocycles. The molecule has 1 saturated carbocycles. The zero-order valence-corrected chi connectivity index (χ0v) is 12.3. The molecule has 1 aliphatic rings. The number of carbonyl (C=O) groups excluding carboxylic acids is 1. The highest BCUT2D eigenvalue weighted by atomic mass is 32.1. The fourth-order valence-electron chi connectivity index (χ4n) is 2.59. The molecule has 0 saturated heterocycles. The molecule has 0 unspecified atom stereocenters. The summed E-state index contributed by atoms with van der Waals surface area (Å²) in [4.78, 5) is 12.3. The second-order valence-electron chi connectivity index (χ2n) is 5.50. The van der Waals surface area contributed by atoms with Crippen LogP contribution in [0.1, 0.15) is 38.2 Å². The van der Waals surface area contributed by atoms with Gasteiger partial charge in [0.1, 0.15) is 10.8 Å². The van der Waals surface area contributed by atoms with E-state index in [1.54, 1.807) is 0 Å². The van der Waals surface area contributed by atoms with Crippen LogP contribution in [-0.4, -0.2) is 10.9 Å². The summed E-state index contributed by atoms with van der Waals surface area (Å²) in [5, 5.41) is 2.83. The van der Waals surface area contributed by atoms with Crippen LogP contribution in [0, 0.1) is 17.7 Å². The second kappa shape index (κ2) is 6.31. The van der Waals surface area contributed by atoms with Gasteiger partial charge in [-0.25, -0.2) is 4.39 Å². The normalized spacial score (nSPS) is 22.3. The predicted molar refractivity (Wildman–Crippen MR) is 82.0 cm³/mol. The van der Waals surface area contributed by atoms with E-state index in [4.69, 9.17) is 18.0 Å². The van der Waals surface area contributed by atoms with E-state index < -0.39 is 5.82 Å². The summed E-state index contributed by atoms with van der Waals surface area (Å²) in [6.07, 6.45) is 3.94. The lowest BCUT2D eigenvalue weighted by Gasteiger charge is -2.25. The van der Waals surface area contributed by atoms with Gasteiger partial charge in [0.05, 0.1) is 5.69 Å². The van der Waals surface area contributed by atoms with Gasteiger partial charge >= 0.3 is 0 Å². The van der Waals surface area contributed by atoms with Crippen LogP contribution in [0.4, 0.5) is 10.1 Å². The largest absolute Gasteiger partial charge is 0.389 e. The highest BCUT2D eigenvalue weighted by Gasteiger charge is 2.24. The summed E-state index contributed by atoms with van der Waals surface area (Å²) < 4.78 is 13.2. The average Bonchev–Trinajstić information content (AvgIpc) is 2.41. The Morgan fingerprint density at radius 2 is 2.00 bits per heavy atom. The molecule has 5 heteroatoms. The van der Waals surface area contributed by atoms with Crippen molar-refractivity contribution in [1.29, 1.82) is 0 Å². The Morgan fingerprint density at radius 1 is 1.35 bits per heavy atom. The highest BCUT2D eigenvalue weighted by molar-refractivity contribution is 7.80. The van der Waals surface area contributed by atoms with E-state index in [-0.39, 0.29) is 16.8 Å². The predicted octanol–water partition coefficient (Wildman–Crippen LogP) is 3.22. The maximum absolute atomic E-state index is 13.2. The molecule has 0 atom stereocenters. The van der Waals surface area contributed by atoms with Gasteiger partial charge in [0.25, 0.3) is 0 Å². The molecule has 0 spiro atoms. The molecule has 108 valence electrons. The van der Waals surface area contributed by atoms with Gasteiger partial charge in [-0.1, -0.05) is 19.1 Å². The van der Waals surface area contributed by atoms with Crippen molar-refractivity contribution in [2.24, 2.45) is 17.6 Å². The molecule has 1 amide bonds. The van der Waals surface area contributed by atoms with Crippen LogP contribution < -0.4 is 11.1 Å². The standard InChI is InChI=1S/C15H19FN2OS/c1-9-2-4-10(5-3-9)15(19)18-13-7-6-11(16)8-12(13)14(17)20/h6-10H,2-5H2,1H3,(H2,17,20)(H,18,19). The summed E-state index contributed by atoms with van der Waals surface area (Å²) in [5.41, 5.74) is 6.43. The van der Waals surface area contributed by atoms with Gasteiger partial charge < -0.3 is 11.1 Å². The molecule has 1 fully saturated rings. The Kier molecular flexibility index (Phi) is 4.70. The lowest BCUT2D eigenvalue weighted by atomic mass is 9.82. The van der Waals surface area contributed by atoms with Gasteiger partial charge in [-0.15, -0.1) is 0 Å². The summed E-state index contributed by atoms with van der Waals surface area (Å²) in [6.45, 7) is 2.21. The minimum atomic E-state index is -0.419. The third kappa shape index (κ3) is 3.54. The van der Waals surface area contributed by atoms with E-state index in [9.17, 15) is 9.18 Å². The first-order valence-corrected chi connectivity index (χ1v) is 7.28. The van der Waals surface area contributed by atoms with Crippen molar-refractivity contribution in [1.82, 2.24) is 0 Å². The van der Waals surface area contributed by atoms with Gasteiger partial charge in [-0.05, 0) is 49.8 Å². The molecule has 0 aliphatic heterocycles. The van der Waals surface area contributed by atoms with Crippen molar-refractivity contribution in [2.75, 3.05) is 5.32 Å². The number of benzene rings is 1. The number of thiocarbonyl (C=S) groups is 1. The maximum atomic E-state index is 13.2. The number of halogens is 1. The Labute approximate surface area is 123 Å². The molecule has 3 N–H and O–H groups in total. The number of anilines is 1. The first kappa shape index (κ1) is 14.9. The lowest BCUT2D eigenvalue weighted by Crippen LogP contribution is -2.27. The zero-order valence-electron chi connectivity index (χ0n) is 11.5. The molecule has 0 radical (unpaired) electrons. The summed E-state index contributed by atoms with van der Waals surface area (Å²) in [6, 6.07) is 4.05. The van der Waals surface area contributed by atoms with Gasteiger partial charge in [0.15, 0.2) is 0 Å². The van der Waals surface area contributed by atoms with Crippen LogP contribution in [0.3, 0.4) is 0 Å². The third-order valence-electron chi connectivity index (χ3n) is 3.89. The van der Waals surface area contributed by atoms with Gasteiger partial charge in [-0.3, -0.25) is 4.79 Å². The molecule has 2 rings (SSSR count). The Balaban J connectivity index is 2.10. The fourth-order valence-corrected chi connectivity index (χ4v) is 2.76. The van der Waals surface area contributed by atoms with Crippen LogP contribution in [-0.2, 0) is 4.79 Å². The van der Waals surface area contributed by atoms with E-state index in [1.165, 1.54) is 18.2 Å². The van der Waals surface area contributed by atoms with Crippen molar-refractivity contribution in [2.45, 2.75) is 32.6 Å². The van der Waals surface area contributed by atoms with Gasteiger partial charge in [-0.2, -0.15) is 0 Å². The SMILES string of the molecule is CC1CCC(C(=O)Nc2ccc(F)cc2C(N)=S)CC1. The fraction of sp³-hybridized carbons (Fsp3) is 0.467. The van der Waals surface area contributed by atoms with Crippen LogP contribution >= 0.6 is 12.2 Å².